The molecule has 0 aliphatic carbocycles. The smallest absolute Gasteiger partial charge is 0.328 e. The Morgan fingerprint density at radius 1 is 1.24 bits per heavy atom. The van der Waals surface area contributed by atoms with Crippen molar-refractivity contribution >= 4 is 17.8 Å². The third-order valence-electron chi connectivity index (χ3n) is 2.81. The summed E-state index contributed by atoms with van der Waals surface area (Å²) in [4.78, 5) is 35.0. The van der Waals surface area contributed by atoms with Crippen LogP contribution in [-0.4, -0.2) is 38.1 Å². The van der Waals surface area contributed by atoms with Crippen LogP contribution in [-0.2, 0) is 25.6 Å². The molecule has 0 bridgehead atoms. The minimum atomic E-state index is -1.10. The first-order valence-corrected chi connectivity index (χ1v) is 6.26. The summed E-state index contributed by atoms with van der Waals surface area (Å²) in [6.45, 7) is 0.295. The number of amides is 1. The number of carbonyl (C=O) groups is 3. The van der Waals surface area contributed by atoms with Crippen molar-refractivity contribution in [3.8, 4) is 0 Å². The third-order valence-corrected chi connectivity index (χ3v) is 2.81. The van der Waals surface area contributed by atoms with E-state index in [4.69, 9.17) is 5.73 Å². The SMILES string of the molecule is COC(=O)CC(NC(=O)c1cccc(CN)c1)C(=O)OC. The van der Waals surface area contributed by atoms with Gasteiger partial charge in [0.1, 0.15) is 6.04 Å². The van der Waals surface area contributed by atoms with Gasteiger partial charge in [-0.2, -0.15) is 0 Å². The van der Waals surface area contributed by atoms with Gasteiger partial charge < -0.3 is 20.5 Å². The summed E-state index contributed by atoms with van der Waals surface area (Å²) in [6.07, 6.45) is -0.300. The number of rotatable bonds is 6. The number of nitrogens with one attached hydrogen (secondary N) is 1. The Labute approximate surface area is 122 Å². The lowest BCUT2D eigenvalue weighted by Crippen LogP contribution is -2.43. The molecule has 1 rings (SSSR count). The molecule has 7 heteroatoms. The summed E-state index contributed by atoms with van der Waals surface area (Å²) in [5.41, 5.74) is 6.63. The van der Waals surface area contributed by atoms with E-state index in [0.29, 0.717) is 12.1 Å². The van der Waals surface area contributed by atoms with Gasteiger partial charge in [0.15, 0.2) is 0 Å². The molecule has 114 valence electrons. The van der Waals surface area contributed by atoms with Crippen LogP contribution in [0.25, 0.3) is 0 Å². The van der Waals surface area contributed by atoms with Gasteiger partial charge in [0, 0.05) is 12.1 Å². The van der Waals surface area contributed by atoms with Crippen molar-refractivity contribution < 1.29 is 23.9 Å². The monoisotopic (exact) mass is 294 g/mol. The number of esters is 2. The van der Waals surface area contributed by atoms with Crippen molar-refractivity contribution in [1.29, 1.82) is 0 Å². The second-order valence-electron chi connectivity index (χ2n) is 4.23. The van der Waals surface area contributed by atoms with E-state index in [1.807, 2.05) is 0 Å². The number of methoxy groups -OCH3 is 2. The Morgan fingerprint density at radius 2 is 1.95 bits per heavy atom. The van der Waals surface area contributed by atoms with Gasteiger partial charge in [-0.15, -0.1) is 0 Å². The van der Waals surface area contributed by atoms with Crippen LogP contribution >= 0.6 is 0 Å². The summed E-state index contributed by atoms with van der Waals surface area (Å²) < 4.78 is 9.04. The standard InChI is InChI=1S/C14H18N2O5/c1-20-12(17)7-11(14(19)21-2)16-13(18)10-5-3-4-9(6-10)8-15/h3-6,11H,7-8,15H2,1-2H3,(H,16,18). The Bertz CT molecular complexity index is 530. The first-order chi connectivity index (χ1) is 10.0. The van der Waals surface area contributed by atoms with Crippen molar-refractivity contribution in [2.45, 2.75) is 19.0 Å². The first kappa shape index (κ1) is 16.6. The van der Waals surface area contributed by atoms with Crippen LogP contribution in [0.4, 0.5) is 0 Å². The number of ether oxygens (including phenoxy) is 2. The van der Waals surface area contributed by atoms with E-state index in [1.54, 1.807) is 24.3 Å². The minimum absolute atomic E-state index is 0.295. The minimum Gasteiger partial charge on any atom is -0.469 e. The quantitative estimate of drug-likeness (QED) is 0.714. The van der Waals surface area contributed by atoms with Crippen molar-refractivity contribution in [2.24, 2.45) is 5.73 Å². The Hall–Kier alpha value is -2.41. The molecule has 1 atom stereocenters. The number of carbonyl (C=O) groups excluding carboxylic acids is 3. The number of benzene rings is 1. The normalized spacial score (nSPS) is 11.4. The molecule has 0 fully saturated rings. The Balaban J connectivity index is 2.83. The van der Waals surface area contributed by atoms with Gasteiger partial charge in [0.25, 0.3) is 5.91 Å². The fourth-order valence-electron chi connectivity index (χ4n) is 1.67. The van der Waals surface area contributed by atoms with Crippen molar-refractivity contribution in [3.05, 3.63) is 35.4 Å². The van der Waals surface area contributed by atoms with Crippen LogP contribution in [0, 0.1) is 0 Å². The molecule has 21 heavy (non-hydrogen) atoms. The van der Waals surface area contributed by atoms with Gasteiger partial charge >= 0.3 is 11.9 Å². The summed E-state index contributed by atoms with van der Waals surface area (Å²) in [6, 6.07) is 5.56. The van der Waals surface area contributed by atoms with Crippen LogP contribution in [0.2, 0.25) is 0 Å². The highest BCUT2D eigenvalue weighted by Gasteiger charge is 2.25. The van der Waals surface area contributed by atoms with Crippen LogP contribution < -0.4 is 11.1 Å². The van der Waals surface area contributed by atoms with Gasteiger partial charge in [-0.05, 0) is 17.7 Å². The molecular weight excluding hydrogens is 276 g/mol. The highest BCUT2D eigenvalue weighted by atomic mass is 16.5. The molecule has 0 aromatic heterocycles. The average molecular weight is 294 g/mol. The van der Waals surface area contributed by atoms with E-state index in [2.05, 4.69) is 14.8 Å². The van der Waals surface area contributed by atoms with Crippen LogP contribution in [0.3, 0.4) is 0 Å². The van der Waals surface area contributed by atoms with E-state index < -0.39 is 23.9 Å². The van der Waals surface area contributed by atoms with Gasteiger partial charge in [0.05, 0.1) is 20.6 Å². The van der Waals surface area contributed by atoms with Gasteiger partial charge in [-0.1, -0.05) is 12.1 Å². The predicted molar refractivity (Wildman–Crippen MR) is 74.2 cm³/mol. The predicted octanol–water partition coefficient (Wildman–Crippen LogP) is -0.0202. The summed E-state index contributed by atoms with van der Waals surface area (Å²) in [5, 5.41) is 2.45. The lowest BCUT2D eigenvalue weighted by molar-refractivity contribution is -0.149. The summed E-state index contributed by atoms with van der Waals surface area (Å²) in [7, 11) is 2.37. The molecule has 1 amide bonds. The second kappa shape index (κ2) is 8.01. The van der Waals surface area contributed by atoms with Crippen LogP contribution in [0.5, 0.6) is 0 Å². The van der Waals surface area contributed by atoms with Crippen molar-refractivity contribution in [3.63, 3.8) is 0 Å². The van der Waals surface area contributed by atoms with Crippen molar-refractivity contribution in [1.82, 2.24) is 5.32 Å². The zero-order valence-electron chi connectivity index (χ0n) is 11.9. The molecule has 7 nitrogen and oxygen atoms in total. The van der Waals surface area contributed by atoms with E-state index in [-0.39, 0.29) is 6.42 Å². The van der Waals surface area contributed by atoms with E-state index in [9.17, 15) is 14.4 Å². The maximum absolute atomic E-state index is 12.1. The Morgan fingerprint density at radius 3 is 2.52 bits per heavy atom. The molecule has 0 spiro atoms. The summed E-state index contributed by atoms with van der Waals surface area (Å²) in [5.74, 6) is -1.84. The lowest BCUT2D eigenvalue weighted by atomic mass is 10.1. The molecule has 0 saturated carbocycles. The third kappa shape index (κ3) is 4.88. The van der Waals surface area contributed by atoms with Crippen LogP contribution in [0.1, 0.15) is 22.3 Å². The highest BCUT2D eigenvalue weighted by Crippen LogP contribution is 2.06. The lowest BCUT2D eigenvalue weighted by Gasteiger charge is -2.15. The van der Waals surface area contributed by atoms with E-state index in [0.717, 1.165) is 5.56 Å². The summed E-state index contributed by atoms with van der Waals surface area (Å²) >= 11 is 0. The molecule has 0 saturated heterocycles. The van der Waals surface area contributed by atoms with E-state index in [1.165, 1.54) is 14.2 Å². The average Bonchev–Trinajstić information content (AvgIpc) is 2.53. The van der Waals surface area contributed by atoms with Crippen molar-refractivity contribution in [2.75, 3.05) is 14.2 Å². The van der Waals surface area contributed by atoms with Gasteiger partial charge in [-0.25, -0.2) is 4.79 Å². The highest BCUT2D eigenvalue weighted by molar-refractivity contribution is 5.97. The molecule has 1 aromatic carbocycles. The maximum Gasteiger partial charge on any atom is 0.328 e. The fraction of sp³-hybridized carbons (Fsp3) is 0.357. The van der Waals surface area contributed by atoms with Crippen LogP contribution in [0.15, 0.2) is 24.3 Å². The van der Waals surface area contributed by atoms with E-state index >= 15 is 0 Å². The zero-order chi connectivity index (χ0) is 15.8. The molecule has 1 aromatic rings. The molecule has 0 aliphatic heterocycles. The first-order valence-electron chi connectivity index (χ1n) is 6.26. The number of hydrogen-bond donors (Lipinski definition) is 2. The number of nitrogens with two attached hydrogens (primary N) is 1. The molecular formula is C14H18N2O5. The molecule has 0 heterocycles. The largest absolute Gasteiger partial charge is 0.469 e. The number of hydrogen-bond acceptors (Lipinski definition) is 6. The molecule has 0 radical (unpaired) electrons. The zero-order valence-corrected chi connectivity index (χ0v) is 11.9. The Kier molecular flexibility index (Phi) is 6.35. The topological polar surface area (TPSA) is 108 Å². The fourth-order valence-corrected chi connectivity index (χ4v) is 1.67. The second-order valence-corrected chi connectivity index (χ2v) is 4.23. The molecule has 1 unspecified atom stereocenters. The van der Waals surface area contributed by atoms with Gasteiger partial charge in [-0.3, -0.25) is 9.59 Å². The maximum atomic E-state index is 12.1. The molecule has 3 N–H and O–H groups in total. The van der Waals surface area contributed by atoms with Gasteiger partial charge in [0.2, 0.25) is 0 Å². The molecule has 0 aliphatic rings.